The molecular weight excluding hydrogens is 242 g/mol. The largest absolute Gasteiger partial charge is 0.342 e. The number of carbonyl (C=O) groups is 2. The molecule has 19 heavy (non-hydrogen) atoms. The zero-order valence-corrected chi connectivity index (χ0v) is 11.1. The second kappa shape index (κ2) is 4.33. The highest BCUT2D eigenvalue weighted by molar-refractivity contribution is 6.08. The van der Waals surface area contributed by atoms with Gasteiger partial charge in [-0.05, 0) is 44.2 Å². The summed E-state index contributed by atoms with van der Waals surface area (Å²) in [6.45, 7) is 3.67. The number of hydrogen-bond acceptors (Lipinski definition) is 3. The van der Waals surface area contributed by atoms with E-state index in [1.807, 2.05) is 13.0 Å². The molecule has 100 valence electrons. The first-order valence-electron chi connectivity index (χ1n) is 6.63. The lowest BCUT2D eigenvalue weighted by Crippen LogP contribution is -2.63. The van der Waals surface area contributed by atoms with Gasteiger partial charge in [-0.15, -0.1) is 0 Å². The fourth-order valence-corrected chi connectivity index (χ4v) is 2.56. The van der Waals surface area contributed by atoms with E-state index in [0.717, 1.165) is 18.4 Å². The Balaban J connectivity index is 1.96. The zero-order chi connectivity index (χ0) is 13.6. The first-order chi connectivity index (χ1) is 9.08. The summed E-state index contributed by atoms with van der Waals surface area (Å²) in [6.07, 6.45) is 5.42. The molecule has 2 unspecified atom stereocenters. The van der Waals surface area contributed by atoms with Crippen molar-refractivity contribution in [2.75, 3.05) is 4.90 Å². The minimum absolute atomic E-state index is 0.0120. The molecule has 2 fully saturated rings. The normalized spacial score (nSPS) is 27.4. The predicted molar refractivity (Wildman–Crippen MR) is 70.6 cm³/mol. The Morgan fingerprint density at radius 3 is 2.68 bits per heavy atom. The Morgan fingerprint density at radius 2 is 2.05 bits per heavy atom. The molecule has 2 aliphatic rings. The molecule has 0 spiro atoms. The number of pyridine rings is 1. The number of aryl methyl sites for hydroxylation is 1. The van der Waals surface area contributed by atoms with Crippen molar-refractivity contribution >= 4 is 17.5 Å². The van der Waals surface area contributed by atoms with Gasteiger partial charge in [-0.1, -0.05) is 0 Å². The molecule has 1 aliphatic heterocycles. The highest BCUT2D eigenvalue weighted by Gasteiger charge is 2.46. The van der Waals surface area contributed by atoms with Crippen LogP contribution in [-0.4, -0.2) is 28.9 Å². The van der Waals surface area contributed by atoms with Gasteiger partial charge in [-0.3, -0.25) is 19.5 Å². The summed E-state index contributed by atoms with van der Waals surface area (Å²) >= 11 is 0. The second-order valence-electron chi connectivity index (χ2n) is 5.43. The molecule has 2 atom stereocenters. The van der Waals surface area contributed by atoms with Crippen LogP contribution in [0.2, 0.25) is 0 Å². The minimum atomic E-state index is -0.480. The minimum Gasteiger partial charge on any atom is -0.342 e. The van der Waals surface area contributed by atoms with Crippen LogP contribution in [0.5, 0.6) is 0 Å². The quantitative estimate of drug-likeness (QED) is 0.862. The Labute approximate surface area is 112 Å². The van der Waals surface area contributed by atoms with Gasteiger partial charge in [0.05, 0.1) is 11.9 Å². The summed E-state index contributed by atoms with van der Waals surface area (Å²) in [5.41, 5.74) is 1.68. The van der Waals surface area contributed by atoms with Gasteiger partial charge >= 0.3 is 0 Å². The molecule has 2 heterocycles. The molecule has 1 saturated carbocycles. The van der Waals surface area contributed by atoms with Gasteiger partial charge in [0.2, 0.25) is 5.91 Å². The third kappa shape index (κ3) is 2.09. The van der Waals surface area contributed by atoms with E-state index >= 15 is 0 Å². The van der Waals surface area contributed by atoms with E-state index in [0.29, 0.717) is 11.6 Å². The Kier molecular flexibility index (Phi) is 2.77. The molecule has 5 nitrogen and oxygen atoms in total. The van der Waals surface area contributed by atoms with Crippen LogP contribution in [0, 0.1) is 12.8 Å². The van der Waals surface area contributed by atoms with Crippen molar-refractivity contribution in [2.45, 2.75) is 38.8 Å². The number of hydrogen-bond donors (Lipinski definition) is 1. The standard InChI is InChI=1S/C14H17N3O2/c1-8-5-11(7-15-6-8)17-9(2)13(18)16-12(14(17)19)10-3-4-10/h5-7,9-10,12H,3-4H2,1-2H3,(H,16,18). The number of nitrogens with one attached hydrogen (secondary N) is 1. The number of amides is 2. The molecule has 5 heteroatoms. The first-order valence-corrected chi connectivity index (χ1v) is 6.63. The van der Waals surface area contributed by atoms with Gasteiger partial charge in [-0.2, -0.15) is 0 Å². The van der Waals surface area contributed by atoms with Crippen LogP contribution in [0.4, 0.5) is 5.69 Å². The first kappa shape index (κ1) is 12.1. The number of piperazine rings is 1. The number of nitrogens with zero attached hydrogens (tertiary/aromatic N) is 2. The van der Waals surface area contributed by atoms with Crippen molar-refractivity contribution in [3.05, 3.63) is 24.0 Å². The average Bonchev–Trinajstić information content (AvgIpc) is 3.18. The van der Waals surface area contributed by atoms with Crippen molar-refractivity contribution < 1.29 is 9.59 Å². The van der Waals surface area contributed by atoms with Crippen LogP contribution in [0.1, 0.15) is 25.3 Å². The van der Waals surface area contributed by atoms with E-state index in [4.69, 9.17) is 0 Å². The summed E-state index contributed by atoms with van der Waals surface area (Å²) in [5.74, 6) is 0.212. The highest BCUT2D eigenvalue weighted by Crippen LogP contribution is 2.36. The molecule has 3 rings (SSSR count). The molecule has 1 aliphatic carbocycles. The van der Waals surface area contributed by atoms with E-state index in [9.17, 15) is 9.59 Å². The molecule has 0 aromatic carbocycles. The van der Waals surface area contributed by atoms with E-state index in [-0.39, 0.29) is 17.9 Å². The molecule has 1 N–H and O–H groups in total. The summed E-state index contributed by atoms with van der Waals surface area (Å²) in [7, 11) is 0. The lowest BCUT2D eigenvalue weighted by atomic mass is 10.0. The maximum atomic E-state index is 12.6. The van der Waals surface area contributed by atoms with Gasteiger partial charge < -0.3 is 5.32 Å². The third-order valence-corrected chi connectivity index (χ3v) is 3.80. The predicted octanol–water partition coefficient (Wildman–Crippen LogP) is 1.02. The Morgan fingerprint density at radius 1 is 1.32 bits per heavy atom. The van der Waals surface area contributed by atoms with Crippen LogP contribution < -0.4 is 10.2 Å². The van der Waals surface area contributed by atoms with Crippen molar-refractivity contribution in [1.29, 1.82) is 0 Å². The lowest BCUT2D eigenvalue weighted by molar-refractivity contribution is -0.134. The van der Waals surface area contributed by atoms with Crippen molar-refractivity contribution in [2.24, 2.45) is 5.92 Å². The van der Waals surface area contributed by atoms with Gasteiger partial charge in [0.15, 0.2) is 0 Å². The van der Waals surface area contributed by atoms with E-state index in [1.54, 1.807) is 24.2 Å². The molecule has 1 saturated heterocycles. The van der Waals surface area contributed by atoms with Crippen LogP contribution in [0.15, 0.2) is 18.5 Å². The molecule has 2 amide bonds. The lowest BCUT2D eigenvalue weighted by Gasteiger charge is -2.37. The van der Waals surface area contributed by atoms with Crippen LogP contribution >= 0.6 is 0 Å². The fourth-order valence-electron chi connectivity index (χ4n) is 2.56. The summed E-state index contributed by atoms with van der Waals surface area (Å²) < 4.78 is 0. The van der Waals surface area contributed by atoms with Gasteiger partial charge in [0.25, 0.3) is 5.91 Å². The van der Waals surface area contributed by atoms with Gasteiger partial charge in [0, 0.05) is 6.20 Å². The SMILES string of the molecule is Cc1cncc(N2C(=O)C(C3CC3)NC(=O)C2C)c1. The van der Waals surface area contributed by atoms with Crippen LogP contribution in [0.25, 0.3) is 0 Å². The molecule has 0 bridgehead atoms. The van der Waals surface area contributed by atoms with Crippen molar-refractivity contribution in [1.82, 2.24) is 10.3 Å². The molecule has 1 aromatic rings. The van der Waals surface area contributed by atoms with E-state index in [2.05, 4.69) is 10.3 Å². The number of aromatic nitrogens is 1. The summed E-state index contributed by atoms with van der Waals surface area (Å²) in [5, 5.41) is 2.84. The van der Waals surface area contributed by atoms with Crippen LogP contribution in [0.3, 0.4) is 0 Å². The number of anilines is 1. The average molecular weight is 259 g/mol. The maximum absolute atomic E-state index is 12.6. The van der Waals surface area contributed by atoms with E-state index in [1.165, 1.54) is 0 Å². The number of carbonyl (C=O) groups excluding carboxylic acids is 2. The molecular formula is C14H17N3O2. The molecule has 0 radical (unpaired) electrons. The van der Waals surface area contributed by atoms with Crippen LogP contribution in [-0.2, 0) is 9.59 Å². The van der Waals surface area contributed by atoms with Gasteiger partial charge in [-0.25, -0.2) is 0 Å². The number of rotatable bonds is 2. The molecule has 1 aromatic heterocycles. The topological polar surface area (TPSA) is 62.3 Å². The smallest absolute Gasteiger partial charge is 0.250 e. The van der Waals surface area contributed by atoms with E-state index < -0.39 is 6.04 Å². The third-order valence-electron chi connectivity index (χ3n) is 3.80. The Bertz CT molecular complexity index is 539. The summed E-state index contributed by atoms with van der Waals surface area (Å²) in [6, 6.07) is 1.06. The highest BCUT2D eigenvalue weighted by atomic mass is 16.2. The van der Waals surface area contributed by atoms with Gasteiger partial charge in [0.1, 0.15) is 12.1 Å². The maximum Gasteiger partial charge on any atom is 0.250 e. The summed E-state index contributed by atoms with van der Waals surface area (Å²) in [4.78, 5) is 30.3. The fraction of sp³-hybridized carbons (Fsp3) is 0.500. The second-order valence-corrected chi connectivity index (χ2v) is 5.43. The van der Waals surface area contributed by atoms with Crippen molar-refractivity contribution in [3.63, 3.8) is 0 Å². The van der Waals surface area contributed by atoms with Crippen molar-refractivity contribution in [3.8, 4) is 0 Å². The zero-order valence-electron chi connectivity index (χ0n) is 11.1. The Hall–Kier alpha value is -1.91. The monoisotopic (exact) mass is 259 g/mol.